The van der Waals surface area contributed by atoms with Gasteiger partial charge in [0.2, 0.25) is 0 Å². The molecular weight excluding hydrogens is 214 g/mol. The van der Waals surface area contributed by atoms with Gasteiger partial charge in [-0.15, -0.1) is 0 Å². The molecule has 2 rings (SSSR count). The Hall–Kier alpha value is -0.720. The molecule has 0 bridgehead atoms. The first-order valence-electron chi connectivity index (χ1n) is 5.04. The minimum absolute atomic E-state index is 0.370. The predicted molar refractivity (Wildman–Crippen MR) is 57.5 cm³/mol. The van der Waals surface area contributed by atoms with E-state index in [1.165, 1.54) is 0 Å². The van der Waals surface area contributed by atoms with Crippen molar-refractivity contribution < 1.29 is 9.47 Å². The maximum atomic E-state index is 5.35. The molecule has 1 unspecified atom stereocenters. The number of nitrogens with zero attached hydrogens (tertiary/aromatic N) is 2. The molecule has 0 aromatic carbocycles. The van der Waals surface area contributed by atoms with Crippen LogP contribution < -0.4 is 0 Å². The van der Waals surface area contributed by atoms with E-state index in [1.54, 1.807) is 7.11 Å². The van der Waals surface area contributed by atoms with E-state index in [0.717, 1.165) is 32.0 Å². The average Bonchev–Trinajstić information content (AvgIpc) is 2.84. The number of ether oxygens (including phenoxy) is 2. The highest BCUT2D eigenvalue weighted by molar-refractivity contribution is 7.71. The summed E-state index contributed by atoms with van der Waals surface area (Å²) in [5.41, 5.74) is 0. The predicted octanol–water partition coefficient (Wildman–Crippen LogP) is 1.09. The van der Waals surface area contributed by atoms with Crippen molar-refractivity contribution in [3.63, 3.8) is 0 Å². The van der Waals surface area contributed by atoms with Gasteiger partial charge in [0.25, 0.3) is 0 Å². The largest absolute Gasteiger partial charge is 0.383 e. The molecule has 1 atom stereocenters. The van der Waals surface area contributed by atoms with E-state index in [0.29, 0.717) is 17.3 Å². The molecule has 15 heavy (non-hydrogen) atoms. The van der Waals surface area contributed by atoms with E-state index < -0.39 is 0 Å². The number of methoxy groups -OCH3 is 1. The van der Waals surface area contributed by atoms with Gasteiger partial charge in [-0.1, -0.05) is 0 Å². The van der Waals surface area contributed by atoms with Crippen LogP contribution >= 0.6 is 12.2 Å². The lowest BCUT2D eigenvalue weighted by molar-refractivity contribution is 0.182. The Kier molecular flexibility index (Phi) is 3.50. The van der Waals surface area contributed by atoms with Crippen LogP contribution in [0.5, 0.6) is 0 Å². The second-order valence-corrected chi connectivity index (χ2v) is 3.98. The number of aromatic nitrogens is 3. The summed E-state index contributed by atoms with van der Waals surface area (Å²) in [6.07, 6.45) is 1.02. The standard InChI is InChI=1S/C9H15N3O2S/c1-13-5-3-12-8(10-11-9(12)15)7-2-4-14-6-7/h7H,2-6H2,1H3,(H,11,15). The zero-order chi connectivity index (χ0) is 10.7. The third kappa shape index (κ3) is 2.27. The maximum Gasteiger partial charge on any atom is 0.195 e. The molecule has 0 spiro atoms. The van der Waals surface area contributed by atoms with Crippen molar-refractivity contribution in [3.8, 4) is 0 Å². The molecule has 0 amide bonds. The lowest BCUT2D eigenvalue weighted by Crippen LogP contribution is -2.12. The fraction of sp³-hybridized carbons (Fsp3) is 0.778. The Balaban J connectivity index is 2.18. The van der Waals surface area contributed by atoms with E-state index >= 15 is 0 Å². The van der Waals surface area contributed by atoms with Gasteiger partial charge < -0.3 is 14.0 Å². The Morgan fingerprint density at radius 1 is 1.73 bits per heavy atom. The minimum Gasteiger partial charge on any atom is -0.383 e. The summed E-state index contributed by atoms with van der Waals surface area (Å²) in [6.45, 7) is 2.95. The Morgan fingerprint density at radius 3 is 3.27 bits per heavy atom. The highest BCUT2D eigenvalue weighted by Gasteiger charge is 2.23. The average molecular weight is 229 g/mol. The minimum atomic E-state index is 0.370. The van der Waals surface area contributed by atoms with Gasteiger partial charge in [0.05, 0.1) is 13.2 Å². The molecule has 0 saturated carbocycles. The van der Waals surface area contributed by atoms with Gasteiger partial charge in [-0.05, 0) is 18.6 Å². The molecule has 1 saturated heterocycles. The first kappa shape index (κ1) is 10.8. The molecule has 5 nitrogen and oxygen atoms in total. The maximum absolute atomic E-state index is 5.35. The van der Waals surface area contributed by atoms with Crippen LogP contribution in [0.15, 0.2) is 0 Å². The van der Waals surface area contributed by atoms with Gasteiger partial charge in [0, 0.05) is 26.2 Å². The van der Waals surface area contributed by atoms with E-state index in [1.807, 2.05) is 4.57 Å². The second kappa shape index (κ2) is 4.87. The lowest BCUT2D eigenvalue weighted by atomic mass is 10.1. The summed E-state index contributed by atoms with van der Waals surface area (Å²) in [4.78, 5) is 0. The summed E-state index contributed by atoms with van der Waals surface area (Å²) >= 11 is 5.17. The van der Waals surface area contributed by atoms with Crippen LogP contribution in [0.1, 0.15) is 18.2 Å². The number of aromatic amines is 1. The zero-order valence-electron chi connectivity index (χ0n) is 8.73. The monoisotopic (exact) mass is 229 g/mol. The van der Waals surface area contributed by atoms with E-state index in [4.69, 9.17) is 21.7 Å². The molecule has 0 radical (unpaired) electrons. The van der Waals surface area contributed by atoms with Crippen molar-refractivity contribution in [1.82, 2.24) is 14.8 Å². The molecule has 6 heteroatoms. The molecule has 1 N–H and O–H groups in total. The van der Waals surface area contributed by atoms with E-state index in [9.17, 15) is 0 Å². The molecule has 1 aromatic heterocycles. The third-order valence-corrected chi connectivity index (χ3v) is 2.91. The fourth-order valence-electron chi connectivity index (χ4n) is 1.78. The number of rotatable bonds is 4. The quantitative estimate of drug-likeness (QED) is 0.785. The van der Waals surface area contributed by atoms with Crippen LogP contribution in [0.3, 0.4) is 0 Å². The summed E-state index contributed by atoms with van der Waals surface area (Å²) in [5, 5.41) is 7.09. The van der Waals surface area contributed by atoms with Crippen molar-refractivity contribution in [2.24, 2.45) is 0 Å². The van der Waals surface area contributed by atoms with Crippen molar-refractivity contribution in [1.29, 1.82) is 0 Å². The summed E-state index contributed by atoms with van der Waals surface area (Å²) in [5.74, 6) is 1.37. The lowest BCUT2D eigenvalue weighted by Gasteiger charge is -2.09. The van der Waals surface area contributed by atoms with Crippen molar-refractivity contribution in [3.05, 3.63) is 10.6 Å². The van der Waals surface area contributed by atoms with Gasteiger partial charge >= 0.3 is 0 Å². The van der Waals surface area contributed by atoms with E-state index in [-0.39, 0.29) is 0 Å². The first-order valence-corrected chi connectivity index (χ1v) is 5.45. The van der Waals surface area contributed by atoms with Gasteiger partial charge in [-0.2, -0.15) is 5.10 Å². The molecule has 1 aromatic rings. The molecule has 1 fully saturated rings. The van der Waals surface area contributed by atoms with Crippen LogP contribution in [-0.2, 0) is 16.0 Å². The first-order chi connectivity index (χ1) is 7.33. The van der Waals surface area contributed by atoms with Gasteiger partial charge in [0.1, 0.15) is 5.82 Å². The fourth-order valence-corrected chi connectivity index (χ4v) is 2.01. The summed E-state index contributed by atoms with van der Waals surface area (Å²) in [7, 11) is 1.68. The van der Waals surface area contributed by atoms with Crippen molar-refractivity contribution in [2.45, 2.75) is 18.9 Å². The van der Waals surface area contributed by atoms with Crippen molar-refractivity contribution in [2.75, 3.05) is 26.9 Å². The Bertz CT molecular complexity index is 368. The smallest absolute Gasteiger partial charge is 0.195 e. The van der Waals surface area contributed by atoms with Crippen LogP contribution in [0, 0.1) is 4.77 Å². The summed E-state index contributed by atoms with van der Waals surface area (Å²) < 4.78 is 13.1. The molecule has 1 aliphatic rings. The van der Waals surface area contributed by atoms with Gasteiger partial charge in [0.15, 0.2) is 4.77 Å². The number of H-pyrrole nitrogens is 1. The highest BCUT2D eigenvalue weighted by Crippen LogP contribution is 2.23. The van der Waals surface area contributed by atoms with E-state index in [2.05, 4.69) is 10.2 Å². The van der Waals surface area contributed by atoms with Crippen LogP contribution in [0.4, 0.5) is 0 Å². The molecule has 1 aliphatic heterocycles. The van der Waals surface area contributed by atoms with Gasteiger partial charge in [-0.3, -0.25) is 5.10 Å². The topological polar surface area (TPSA) is 52.1 Å². The Labute approximate surface area is 93.4 Å². The third-order valence-electron chi connectivity index (χ3n) is 2.60. The van der Waals surface area contributed by atoms with Crippen molar-refractivity contribution >= 4 is 12.2 Å². The van der Waals surface area contributed by atoms with Crippen LogP contribution in [0.2, 0.25) is 0 Å². The van der Waals surface area contributed by atoms with Crippen LogP contribution in [0.25, 0.3) is 0 Å². The Morgan fingerprint density at radius 2 is 2.60 bits per heavy atom. The number of nitrogens with one attached hydrogen (secondary N) is 1. The van der Waals surface area contributed by atoms with Gasteiger partial charge in [-0.25, -0.2) is 0 Å². The summed E-state index contributed by atoms with van der Waals surface area (Å²) in [6, 6.07) is 0. The molecular formula is C9H15N3O2S. The molecule has 0 aliphatic carbocycles. The SMILES string of the molecule is COCCn1c(C2CCOC2)n[nH]c1=S. The van der Waals surface area contributed by atoms with Crippen LogP contribution in [-0.4, -0.2) is 41.7 Å². The molecule has 2 heterocycles. The second-order valence-electron chi connectivity index (χ2n) is 3.59. The number of hydrogen-bond acceptors (Lipinski definition) is 4. The zero-order valence-corrected chi connectivity index (χ0v) is 9.55. The number of hydrogen-bond donors (Lipinski definition) is 1. The highest BCUT2D eigenvalue weighted by atomic mass is 32.1. The normalized spacial score (nSPS) is 21.0. The molecule has 84 valence electrons.